The molecular formula is C15H21N3S. The molecule has 0 radical (unpaired) electrons. The van der Waals surface area contributed by atoms with E-state index in [1.54, 1.807) is 17.5 Å². The highest BCUT2D eigenvalue weighted by Gasteiger charge is 2.23. The first-order chi connectivity index (χ1) is 9.22. The lowest BCUT2D eigenvalue weighted by Crippen LogP contribution is -2.38. The quantitative estimate of drug-likeness (QED) is 0.881. The van der Waals surface area contributed by atoms with Gasteiger partial charge in [0.05, 0.1) is 6.04 Å². The predicted molar refractivity (Wildman–Crippen MR) is 81.0 cm³/mol. The zero-order chi connectivity index (χ0) is 13.7. The molecule has 2 aromatic heterocycles. The molecule has 0 saturated carbocycles. The van der Waals surface area contributed by atoms with Crippen LogP contribution in [0.1, 0.15) is 30.5 Å². The first kappa shape index (κ1) is 14.2. The molecular weight excluding hydrogens is 254 g/mol. The maximum Gasteiger partial charge on any atom is 0.0514 e. The topological polar surface area (TPSA) is 42.1 Å². The van der Waals surface area contributed by atoms with E-state index in [1.807, 2.05) is 12.3 Å². The molecule has 2 heterocycles. The van der Waals surface area contributed by atoms with E-state index in [-0.39, 0.29) is 12.1 Å². The average Bonchev–Trinajstić information content (AvgIpc) is 2.93. The molecule has 0 bridgehead atoms. The van der Waals surface area contributed by atoms with Crippen LogP contribution in [0.5, 0.6) is 0 Å². The van der Waals surface area contributed by atoms with E-state index >= 15 is 0 Å². The van der Waals surface area contributed by atoms with Crippen LogP contribution in [0.2, 0.25) is 0 Å². The largest absolute Gasteiger partial charge is 0.326 e. The normalized spacial score (nSPS) is 14.5. The molecule has 4 heteroatoms. The minimum atomic E-state index is 0.118. The fourth-order valence-electron chi connectivity index (χ4n) is 2.37. The molecule has 0 amide bonds. The number of nitrogens with two attached hydrogens (primary N) is 1. The van der Waals surface area contributed by atoms with Crippen molar-refractivity contribution >= 4 is 11.3 Å². The van der Waals surface area contributed by atoms with Gasteiger partial charge in [-0.1, -0.05) is 13.0 Å². The summed E-state index contributed by atoms with van der Waals surface area (Å²) in [5.41, 5.74) is 8.84. The number of hydrogen-bond acceptors (Lipinski definition) is 4. The Morgan fingerprint density at radius 3 is 2.84 bits per heavy atom. The Hall–Kier alpha value is -1.23. The summed E-state index contributed by atoms with van der Waals surface area (Å²) in [5.74, 6) is 0. The van der Waals surface area contributed by atoms with Crippen molar-refractivity contribution in [2.45, 2.75) is 32.0 Å². The Bertz CT molecular complexity index is 469. The van der Waals surface area contributed by atoms with E-state index in [1.165, 1.54) is 11.1 Å². The highest BCUT2D eigenvalue weighted by atomic mass is 32.1. The van der Waals surface area contributed by atoms with Gasteiger partial charge in [-0.05, 0) is 47.5 Å². The van der Waals surface area contributed by atoms with Gasteiger partial charge < -0.3 is 5.73 Å². The number of pyridine rings is 1. The Morgan fingerprint density at radius 1 is 1.42 bits per heavy atom. The van der Waals surface area contributed by atoms with Gasteiger partial charge in [-0.25, -0.2) is 0 Å². The number of hydrogen-bond donors (Lipinski definition) is 1. The summed E-state index contributed by atoms with van der Waals surface area (Å²) in [6, 6.07) is 6.57. The molecule has 0 aliphatic heterocycles. The number of nitrogens with zero attached hydrogens (tertiary/aromatic N) is 2. The van der Waals surface area contributed by atoms with Gasteiger partial charge >= 0.3 is 0 Å². The SMILES string of the molecule is CCC(N)C(c1cccnc1)N(C)Cc1ccsc1. The highest BCUT2D eigenvalue weighted by Crippen LogP contribution is 2.25. The van der Waals surface area contributed by atoms with Crippen molar-refractivity contribution < 1.29 is 0 Å². The second kappa shape index (κ2) is 6.80. The van der Waals surface area contributed by atoms with Crippen LogP contribution >= 0.6 is 11.3 Å². The van der Waals surface area contributed by atoms with E-state index in [2.05, 4.69) is 46.7 Å². The highest BCUT2D eigenvalue weighted by molar-refractivity contribution is 7.07. The van der Waals surface area contributed by atoms with Crippen LogP contribution in [-0.4, -0.2) is 23.0 Å². The first-order valence-corrected chi connectivity index (χ1v) is 7.53. The van der Waals surface area contributed by atoms with E-state index in [0.717, 1.165) is 13.0 Å². The van der Waals surface area contributed by atoms with Gasteiger partial charge in [0.25, 0.3) is 0 Å². The van der Waals surface area contributed by atoms with Gasteiger partial charge in [0.2, 0.25) is 0 Å². The van der Waals surface area contributed by atoms with Crippen LogP contribution in [0.4, 0.5) is 0 Å². The van der Waals surface area contributed by atoms with Crippen molar-refractivity contribution in [2.24, 2.45) is 5.73 Å². The van der Waals surface area contributed by atoms with Crippen molar-refractivity contribution in [1.82, 2.24) is 9.88 Å². The Kier molecular flexibility index (Phi) is 5.07. The predicted octanol–water partition coefficient (Wildman–Crippen LogP) is 3.05. The lowest BCUT2D eigenvalue weighted by Gasteiger charge is -2.32. The summed E-state index contributed by atoms with van der Waals surface area (Å²) in [5, 5.41) is 4.30. The van der Waals surface area contributed by atoms with Gasteiger partial charge in [0.1, 0.15) is 0 Å². The second-order valence-corrected chi connectivity index (χ2v) is 5.63. The molecule has 2 aromatic rings. The zero-order valence-electron chi connectivity index (χ0n) is 11.5. The Labute approximate surface area is 119 Å². The summed E-state index contributed by atoms with van der Waals surface area (Å²) in [6.07, 6.45) is 4.68. The minimum absolute atomic E-state index is 0.118. The summed E-state index contributed by atoms with van der Waals surface area (Å²) >= 11 is 1.73. The smallest absolute Gasteiger partial charge is 0.0514 e. The maximum atomic E-state index is 6.31. The van der Waals surface area contributed by atoms with Gasteiger partial charge in [-0.3, -0.25) is 9.88 Å². The Balaban J connectivity index is 2.18. The molecule has 19 heavy (non-hydrogen) atoms. The van der Waals surface area contributed by atoms with Crippen LogP contribution in [0.15, 0.2) is 41.4 Å². The molecule has 0 aromatic carbocycles. The third-order valence-electron chi connectivity index (χ3n) is 3.39. The molecule has 102 valence electrons. The number of rotatable bonds is 6. The van der Waals surface area contributed by atoms with Crippen LogP contribution in [0, 0.1) is 0 Å². The molecule has 0 aliphatic rings. The fourth-order valence-corrected chi connectivity index (χ4v) is 3.03. The minimum Gasteiger partial charge on any atom is -0.326 e. The van der Waals surface area contributed by atoms with Crippen LogP contribution in [0.25, 0.3) is 0 Å². The summed E-state index contributed by atoms with van der Waals surface area (Å²) in [6.45, 7) is 3.04. The van der Waals surface area contributed by atoms with E-state index in [0.29, 0.717) is 0 Å². The number of likely N-dealkylation sites (N-methyl/N-ethyl adjacent to an activating group) is 1. The van der Waals surface area contributed by atoms with Crippen molar-refractivity contribution in [3.05, 3.63) is 52.5 Å². The van der Waals surface area contributed by atoms with E-state index < -0.39 is 0 Å². The fraction of sp³-hybridized carbons (Fsp3) is 0.400. The molecule has 3 nitrogen and oxygen atoms in total. The van der Waals surface area contributed by atoms with Crippen LogP contribution < -0.4 is 5.73 Å². The monoisotopic (exact) mass is 275 g/mol. The Morgan fingerprint density at radius 2 is 2.26 bits per heavy atom. The number of thiophene rings is 1. The lowest BCUT2D eigenvalue weighted by molar-refractivity contribution is 0.201. The molecule has 2 N–H and O–H groups in total. The molecule has 2 atom stereocenters. The van der Waals surface area contributed by atoms with Crippen LogP contribution in [-0.2, 0) is 6.54 Å². The van der Waals surface area contributed by atoms with Gasteiger partial charge in [-0.2, -0.15) is 11.3 Å². The van der Waals surface area contributed by atoms with Crippen molar-refractivity contribution in [2.75, 3.05) is 7.05 Å². The van der Waals surface area contributed by atoms with E-state index in [9.17, 15) is 0 Å². The van der Waals surface area contributed by atoms with Crippen molar-refractivity contribution in [3.8, 4) is 0 Å². The molecule has 0 aliphatic carbocycles. The average molecular weight is 275 g/mol. The zero-order valence-corrected chi connectivity index (χ0v) is 12.3. The third-order valence-corrected chi connectivity index (χ3v) is 4.12. The number of aromatic nitrogens is 1. The maximum absolute atomic E-state index is 6.31. The van der Waals surface area contributed by atoms with Gasteiger partial charge in [-0.15, -0.1) is 0 Å². The molecule has 0 spiro atoms. The van der Waals surface area contributed by atoms with Crippen molar-refractivity contribution in [1.29, 1.82) is 0 Å². The summed E-state index contributed by atoms with van der Waals surface area (Å²) < 4.78 is 0. The summed E-state index contributed by atoms with van der Waals surface area (Å²) in [7, 11) is 2.13. The molecule has 2 unspecified atom stereocenters. The molecule has 0 fully saturated rings. The second-order valence-electron chi connectivity index (χ2n) is 4.85. The van der Waals surface area contributed by atoms with Crippen LogP contribution in [0.3, 0.4) is 0 Å². The molecule has 0 saturated heterocycles. The van der Waals surface area contributed by atoms with Gasteiger partial charge in [0.15, 0.2) is 0 Å². The van der Waals surface area contributed by atoms with E-state index in [4.69, 9.17) is 5.73 Å². The van der Waals surface area contributed by atoms with Crippen molar-refractivity contribution in [3.63, 3.8) is 0 Å². The summed E-state index contributed by atoms with van der Waals surface area (Å²) in [4.78, 5) is 6.53. The third kappa shape index (κ3) is 3.62. The lowest BCUT2D eigenvalue weighted by atomic mass is 9.98. The first-order valence-electron chi connectivity index (χ1n) is 6.59. The standard InChI is InChI=1S/C15H21N3S/c1-3-14(16)15(13-5-4-7-17-9-13)18(2)10-12-6-8-19-11-12/h4-9,11,14-15H,3,10,16H2,1-2H3. The molecule has 2 rings (SSSR count). The van der Waals surface area contributed by atoms with Gasteiger partial charge in [0, 0.05) is 25.0 Å².